The van der Waals surface area contributed by atoms with Crippen LogP contribution < -0.4 is 10.7 Å². The lowest BCUT2D eigenvalue weighted by molar-refractivity contribution is -0.121. The normalized spacial score (nSPS) is 14.6. The van der Waals surface area contributed by atoms with Gasteiger partial charge in [0.1, 0.15) is 23.1 Å². The van der Waals surface area contributed by atoms with Crippen LogP contribution in [0.2, 0.25) is 0 Å². The van der Waals surface area contributed by atoms with Crippen molar-refractivity contribution in [1.82, 2.24) is 15.4 Å². The minimum Gasteiger partial charge on any atom is -0.305 e. The van der Waals surface area contributed by atoms with Gasteiger partial charge in [-0.05, 0) is 69.2 Å². The molecule has 0 radical (unpaired) electrons. The number of pyridine rings is 1. The Morgan fingerprint density at radius 1 is 1.18 bits per heavy atom. The fourth-order valence-electron chi connectivity index (χ4n) is 4.84. The number of nitrogens with one attached hydrogen (secondary N) is 2. The van der Waals surface area contributed by atoms with Gasteiger partial charge in [-0.2, -0.15) is 0 Å². The van der Waals surface area contributed by atoms with Gasteiger partial charge in [0.05, 0.1) is 17.1 Å². The Hall–Kier alpha value is -3.21. The number of aryl methyl sites for hydroxylation is 1. The molecular weight excluding hydrogens is 515 g/mol. The first kappa shape index (κ1) is 30.3. The molecule has 0 fully saturated rings. The maximum Gasteiger partial charge on any atom is 0.275 e. The monoisotopic (exact) mass is 552 g/mol. The van der Waals surface area contributed by atoms with Crippen molar-refractivity contribution in [1.29, 1.82) is 0 Å². The van der Waals surface area contributed by atoms with Crippen molar-refractivity contribution in [2.45, 2.75) is 66.2 Å². The third-order valence-corrected chi connectivity index (χ3v) is 7.45. The highest BCUT2D eigenvalue weighted by Gasteiger charge is 2.28. The van der Waals surface area contributed by atoms with E-state index in [9.17, 15) is 14.0 Å². The minimum atomic E-state index is -0.374. The van der Waals surface area contributed by atoms with Crippen molar-refractivity contribution in [3.63, 3.8) is 0 Å². The molecule has 1 amide bonds. The average molecular weight is 553 g/mol. The second kappa shape index (κ2) is 14.8. The molecule has 0 bridgehead atoms. The van der Waals surface area contributed by atoms with E-state index in [0.717, 1.165) is 44.1 Å². The molecule has 2 atom stereocenters. The number of hydrogen-bond acceptors (Lipinski definition) is 5. The molecule has 3 rings (SSSR count). The van der Waals surface area contributed by atoms with Gasteiger partial charge >= 0.3 is 0 Å². The fourth-order valence-corrected chi connectivity index (χ4v) is 5.09. The van der Waals surface area contributed by atoms with Crippen LogP contribution in [0, 0.1) is 36.4 Å². The maximum absolute atomic E-state index is 13.8. The Bertz CT molecular complexity index is 1270. The van der Waals surface area contributed by atoms with Crippen LogP contribution in [0.4, 0.5) is 10.2 Å². The van der Waals surface area contributed by atoms with Gasteiger partial charge in [0.15, 0.2) is 0 Å². The van der Waals surface area contributed by atoms with Crippen LogP contribution in [0.3, 0.4) is 0 Å². The van der Waals surface area contributed by atoms with Crippen molar-refractivity contribution in [2.24, 2.45) is 11.8 Å². The number of hydrogen-bond donors (Lipinski definition) is 2. The third kappa shape index (κ3) is 8.64. The van der Waals surface area contributed by atoms with Crippen molar-refractivity contribution >= 4 is 29.1 Å². The lowest BCUT2D eigenvalue weighted by Gasteiger charge is -2.25. The molecule has 0 saturated heterocycles. The number of carbonyl (C=O) groups excluding carboxylic acids is 2. The molecule has 208 valence electrons. The number of amides is 1. The maximum atomic E-state index is 13.8. The quantitative estimate of drug-likeness (QED) is 0.301. The predicted molar refractivity (Wildman–Crippen MR) is 154 cm³/mol. The summed E-state index contributed by atoms with van der Waals surface area (Å²) in [5.74, 6) is 6.30. The molecule has 2 N–H and O–H groups in total. The number of carbonyl (C=O) groups is 2. The highest BCUT2D eigenvalue weighted by atomic mass is 35.5. The van der Waals surface area contributed by atoms with Crippen molar-refractivity contribution in [3.8, 4) is 11.8 Å². The molecule has 0 saturated carbocycles. The summed E-state index contributed by atoms with van der Waals surface area (Å²) in [5.41, 5.74) is 5.28. The lowest BCUT2D eigenvalue weighted by Crippen LogP contribution is -2.37. The number of anilines is 1. The zero-order chi connectivity index (χ0) is 28.4. The molecule has 39 heavy (non-hydrogen) atoms. The molecule has 1 aromatic carbocycles. The van der Waals surface area contributed by atoms with E-state index in [2.05, 4.69) is 41.4 Å². The molecule has 0 aliphatic carbocycles. The summed E-state index contributed by atoms with van der Waals surface area (Å²) in [6.45, 7) is 8.77. The van der Waals surface area contributed by atoms with Crippen molar-refractivity contribution in [3.05, 3.63) is 69.8 Å². The highest BCUT2D eigenvalue weighted by molar-refractivity contribution is 6.32. The lowest BCUT2D eigenvalue weighted by atomic mass is 9.88. The van der Waals surface area contributed by atoms with Crippen LogP contribution in [-0.4, -0.2) is 34.8 Å². The molecule has 2 heterocycles. The van der Waals surface area contributed by atoms with Gasteiger partial charge in [-0.25, -0.2) is 14.8 Å². The first-order chi connectivity index (χ1) is 18.7. The number of hydrazine groups is 1. The van der Waals surface area contributed by atoms with E-state index in [1.54, 1.807) is 37.4 Å². The average Bonchev–Trinajstić information content (AvgIpc) is 3.28. The number of aromatic nitrogens is 1. The Morgan fingerprint density at radius 2 is 1.95 bits per heavy atom. The van der Waals surface area contributed by atoms with Crippen LogP contribution >= 0.6 is 11.6 Å². The molecule has 6 nitrogen and oxygen atoms in total. The zero-order valence-electron chi connectivity index (χ0n) is 23.2. The molecule has 8 heteroatoms. The largest absolute Gasteiger partial charge is 0.305 e. The van der Waals surface area contributed by atoms with E-state index in [1.807, 2.05) is 11.9 Å². The number of benzene rings is 1. The SMILES string of the molecule is CCCC(CC[C@H](CC)C(C)=O)CCN1NCC(Cl)=C1C(=O)Nc1ncc(C#Cc2ccccc2F)cc1C. The summed E-state index contributed by atoms with van der Waals surface area (Å²) in [5, 5.41) is 5.15. The van der Waals surface area contributed by atoms with E-state index < -0.39 is 0 Å². The van der Waals surface area contributed by atoms with Crippen LogP contribution in [-0.2, 0) is 9.59 Å². The minimum absolute atomic E-state index is 0.123. The second-order valence-electron chi connectivity index (χ2n) is 10.1. The van der Waals surface area contributed by atoms with E-state index in [0.29, 0.717) is 46.7 Å². The Morgan fingerprint density at radius 3 is 2.62 bits per heavy atom. The summed E-state index contributed by atoms with van der Waals surface area (Å²) >= 11 is 6.45. The van der Waals surface area contributed by atoms with E-state index in [-0.39, 0.29) is 23.4 Å². The number of rotatable bonds is 12. The summed E-state index contributed by atoms with van der Waals surface area (Å²) in [6, 6.07) is 8.14. The highest BCUT2D eigenvalue weighted by Crippen LogP contribution is 2.26. The van der Waals surface area contributed by atoms with Gasteiger partial charge in [0.25, 0.3) is 5.91 Å². The van der Waals surface area contributed by atoms with Gasteiger partial charge in [-0.1, -0.05) is 62.3 Å². The third-order valence-electron chi connectivity index (χ3n) is 7.14. The number of Topliss-reactive ketones (excluding diaryl/α,β-unsaturated/α-hetero) is 1. The summed E-state index contributed by atoms with van der Waals surface area (Å²) < 4.78 is 13.8. The first-order valence-electron chi connectivity index (χ1n) is 13.7. The molecule has 1 aliphatic heterocycles. The summed E-state index contributed by atoms with van der Waals surface area (Å²) in [6.07, 6.45) is 7.37. The van der Waals surface area contributed by atoms with Crippen LogP contribution in [0.5, 0.6) is 0 Å². The molecule has 1 aliphatic rings. The number of ketones is 1. The summed E-state index contributed by atoms with van der Waals surface area (Å²) in [4.78, 5) is 29.5. The van der Waals surface area contributed by atoms with Crippen molar-refractivity contribution in [2.75, 3.05) is 18.4 Å². The van der Waals surface area contributed by atoms with Crippen LogP contribution in [0.15, 0.2) is 47.3 Å². The van der Waals surface area contributed by atoms with Gasteiger partial charge < -0.3 is 10.3 Å². The van der Waals surface area contributed by atoms with Gasteiger partial charge in [-0.15, -0.1) is 0 Å². The topological polar surface area (TPSA) is 74.3 Å². The Kier molecular flexibility index (Phi) is 11.5. The van der Waals surface area contributed by atoms with Crippen molar-refractivity contribution < 1.29 is 14.0 Å². The molecule has 0 spiro atoms. The standard InChI is InChI=1S/C31H38ClFN4O2/c1-5-9-23(12-14-25(6-2)22(4)38)16-17-37-29(27(32)20-35-37)31(39)36-30-21(3)18-24(19-34-30)13-15-26-10-7-8-11-28(26)33/h7-8,10-11,18-19,23,25,35H,5-6,9,12,14,16-17,20H2,1-4H3,(H,34,36,39)/t23?,25-/m0/s1. The Labute approximate surface area is 236 Å². The van der Waals surface area contributed by atoms with E-state index in [1.165, 1.54) is 6.07 Å². The molecule has 2 aromatic rings. The molecule has 1 unspecified atom stereocenters. The van der Waals surface area contributed by atoms with Crippen LogP contribution in [0.1, 0.15) is 76.0 Å². The fraction of sp³-hybridized carbons (Fsp3) is 0.452. The predicted octanol–water partition coefficient (Wildman–Crippen LogP) is 6.34. The number of nitrogens with zero attached hydrogens (tertiary/aromatic N) is 2. The van der Waals surface area contributed by atoms with Gasteiger partial charge in [0, 0.05) is 24.2 Å². The Balaban J connectivity index is 1.63. The first-order valence-corrected chi connectivity index (χ1v) is 14.1. The zero-order valence-corrected chi connectivity index (χ0v) is 24.0. The van der Waals surface area contributed by atoms with Crippen LogP contribution in [0.25, 0.3) is 0 Å². The van der Waals surface area contributed by atoms with E-state index >= 15 is 0 Å². The van der Waals surface area contributed by atoms with Gasteiger partial charge in [0.2, 0.25) is 0 Å². The smallest absolute Gasteiger partial charge is 0.275 e. The molecule has 1 aromatic heterocycles. The van der Waals surface area contributed by atoms with Gasteiger partial charge in [-0.3, -0.25) is 9.59 Å². The molecular formula is C31H38ClFN4O2. The van der Waals surface area contributed by atoms with E-state index in [4.69, 9.17) is 11.6 Å². The second-order valence-corrected chi connectivity index (χ2v) is 10.5. The number of halogens is 2. The summed E-state index contributed by atoms with van der Waals surface area (Å²) in [7, 11) is 0.